The van der Waals surface area contributed by atoms with Crippen LogP contribution in [0.3, 0.4) is 0 Å². The highest BCUT2D eigenvalue weighted by Gasteiger charge is 2.43. The molecule has 0 aromatic rings. The zero-order valence-corrected chi connectivity index (χ0v) is 10.3. The molecule has 0 unspecified atom stereocenters. The van der Waals surface area contributed by atoms with Crippen LogP contribution in [0.5, 0.6) is 0 Å². The molecule has 0 aliphatic heterocycles. The van der Waals surface area contributed by atoms with Crippen LogP contribution in [0.15, 0.2) is 0 Å². The standard InChI is InChI=1S/C6H12O9P2/c7-3-4-15-5(8)1-2-6(16(9,10)11)17(12,13)14/h3,6H,1-2,4H2,(H2,9,10,11)(H2,12,13,14). The van der Waals surface area contributed by atoms with Gasteiger partial charge in [0.1, 0.15) is 6.61 Å². The zero-order valence-electron chi connectivity index (χ0n) is 8.50. The van der Waals surface area contributed by atoms with Gasteiger partial charge in [0.05, 0.1) is 0 Å². The third-order valence-corrected chi connectivity index (χ3v) is 5.57. The van der Waals surface area contributed by atoms with Crippen LogP contribution in [0, 0.1) is 0 Å². The van der Waals surface area contributed by atoms with E-state index in [1.807, 2.05) is 0 Å². The molecular weight excluding hydrogens is 278 g/mol. The maximum Gasteiger partial charge on any atom is 0.340 e. The van der Waals surface area contributed by atoms with Crippen molar-refractivity contribution in [2.75, 3.05) is 6.61 Å². The summed E-state index contributed by atoms with van der Waals surface area (Å²) in [6.07, 6.45) is -1.04. The minimum Gasteiger partial charge on any atom is -0.458 e. The second-order valence-corrected chi connectivity index (χ2v) is 7.06. The molecule has 0 saturated heterocycles. The first-order chi connectivity index (χ1) is 7.59. The van der Waals surface area contributed by atoms with Crippen molar-refractivity contribution >= 4 is 27.4 Å². The predicted molar refractivity (Wildman–Crippen MR) is 54.1 cm³/mol. The maximum absolute atomic E-state index is 10.9. The van der Waals surface area contributed by atoms with Crippen molar-refractivity contribution in [2.24, 2.45) is 0 Å². The molecule has 0 aromatic heterocycles. The lowest BCUT2D eigenvalue weighted by molar-refractivity contribution is -0.145. The van der Waals surface area contributed by atoms with Crippen LogP contribution in [-0.4, -0.2) is 43.8 Å². The highest BCUT2D eigenvalue weighted by molar-refractivity contribution is 7.70. The van der Waals surface area contributed by atoms with Crippen LogP contribution in [0.1, 0.15) is 12.8 Å². The van der Waals surface area contributed by atoms with Gasteiger partial charge in [-0.2, -0.15) is 0 Å². The summed E-state index contributed by atoms with van der Waals surface area (Å²) in [6, 6.07) is 0. The van der Waals surface area contributed by atoms with Gasteiger partial charge >= 0.3 is 21.2 Å². The number of ether oxygens (including phenoxy) is 1. The van der Waals surface area contributed by atoms with E-state index in [9.17, 15) is 18.7 Å². The Bertz CT molecular complexity index is 344. The molecule has 0 aliphatic rings. The van der Waals surface area contributed by atoms with E-state index in [-0.39, 0.29) is 0 Å². The Morgan fingerprint density at radius 1 is 1.18 bits per heavy atom. The van der Waals surface area contributed by atoms with Gasteiger partial charge in [0, 0.05) is 6.42 Å². The van der Waals surface area contributed by atoms with Gasteiger partial charge in [-0.25, -0.2) is 0 Å². The number of hydrogen-bond donors (Lipinski definition) is 4. The monoisotopic (exact) mass is 290 g/mol. The van der Waals surface area contributed by atoms with Crippen LogP contribution < -0.4 is 0 Å². The largest absolute Gasteiger partial charge is 0.458 e. The molecule has 17 heavy (non-hydrogen) atoms. The molecule has 11 heteroatoms. The highest BCUT2D eigenvalue weighted by atomic mass is 31.2. The number of aldehydes is 1. The van der Waals surface area contributed by atoms with Crippen molar-refractivity contribution < 1.29 is 43.0 Å². The van der Waals surface area contributed by atoms with Crippen LogP contribution >= 0.6 is 15.2 Å². The van der Waals surface area contributed by atoms with E-state index in [0.717, 1.165) is 0 Å². The van der Waals surface area contributed by atoms with E-state index < -0.39 is 46.0 Å². The molecule has 0 heterocycles. The van der Waals surface area contributed by atoms with Crippen molar-refractivity contribution in [3.8, 4) is 0 Å². The molecule has 0 fully saturated rings. The molecule has 0 aromatic carbocycles. The van der Waals surface area contributed by atoms with E-state index in [1.165, 1.54) is 0 Å². The van der Waals surface area contributed by atoms with Gasteiger partial charge in [-0.15, -0.1) is 0 Å². The third kappa shape index (κ3) is 6.68. The summed E-state index contributed by atoms with van der Waals surface area (Å²) in [7, 11) is -10.0. The Balaban J connectivity index is 4.49. The average Bonchev–Trinajstić information content (AvgIpc) is 2.10. The van der Waals surface area contributed by atoms with Gasteiger partial charge in [-0.3, -0.25) is 18.7 Å². The summed E-state index contributed by atoms with van der Waals surface area (Å²) in [4.78, 5) is 55.6. The second-order valence-electron chi connectivity index (χ2n) is 3.05. The van der Waals surface area contributed by atoms with Crippen molar-refractivity contribution in [1.82, 2.24) is 0 Å². The number of esters is 1. The van der Waals surface area contributed by atoms with Crippen LogP contribution in [0.4, 0.5) is 0 Å². The van der Waals surface area contributed by atoms with E-state index in [4.69, 9.17) is 19.6 Å². The quantitative estimate of drug-likeness (QED) is 0.267. The average molecular weight is 290 g/mol. The van der Waals surface area contributed by atoms with Crippen LogP contribution in [0.2, 0.25) is 0 Å². The first kappa shape index (κ1) is 16.4. The molecule has 4 N–H and O–H groups in total. The fourth-order valence-electron chi connectivity index (χ4n) is 0.978. The summed E-state index contributed by atoms with van der Waals surface area (Å²) in [5.41, 5.74) is 0. The molecule has 0 radical (unpaired) electrons. The molecule has 0 saturated carbocycles. The SMILES string of the molecule is O=CCOC(=O)CCC(P(=O)(O)O)P(=O)(O)O. The normalized spacial score (nSPS) is 12.5. The molecule has 0 bridgehead atoms. The lowest BCUT2D eigenvalue weighted by atomic mass is 10.3. The van der Waals surface area contributed by atoms with Gasteiger partial charge in [-0.1, -0.05) is 0 Å². The van der Waals surface area contributed by atoms with Crippen molar-refractivity contribution in [3.63, 3.8) is 0 Å². The molecule has 0 rings (SSSR count). The number of rotatable bonds is 7. The van der Waals surface area contributed by atoms with Crippen molar-refractivity contribution in [2.45, 2.75) is 18.2 Å². The Morgan fingerprint density at radius 2 is 1.65 bits per heavy atom. The summed E-state index contributed by atoms with van der Waals surface area (Å²) >= 11 is 0. The summed E-state index contributed by atoms with van der Waals surface area (Å²) in [5, 5.41) is -2.24. The molecule has 0 atom stereocenters. The van der Waals surface area contributed by atoms with E-state index in [1.54, 1.807) is 0 Å². The fourth-order valence-corrected chi connectivity index (χ4v) is 3.48. The van der Waals surface area contributed by atoms with E-state index in [2.05, 4.69) is 4.74 Å². The highest BCUT2D eigenvalue weighted by Crippen LogP contribution is 2.61. The first-order valence-corrected chi connectivity index (χ1v) is 7.65. The Labute approximate surface area is 96.1 Å². The smallest absolute Gasteiger partial charge is 0.340 e. The van der Waals surface area contributed by atoms with Gasteiger partial charge in [0.25, 0.3) is 0 Å². The van der Waals surface area contributed by atoms with Gasteiger partial charge in [-0.05, 0) is 6.42 Å². The fraction of sp³-hybridized carbons (Fsp3) is 0.667. The van der Waals surface area contributed by atoms with Gasteiger partial charge in [0.15, 0.2) is 11.7 Å². The van der Waals surface area contributed by atoms with Crippen molar-refractivity contribution in [1.29, 1.82) is 0 Å². The Hall–Kier alpha value is -0.560. The van der Waals surface area contributed by atoms with E-state index >= 15 is 0 Å². The third-order valence-electron chi connectivity index (χ3n) is 1.70. The van der Waals surface area contributed by atoms with Crippen LogP contribution in [0.25, 0.3) is 0 Å². The van der Waals surface area contributed by atoms with Crippen molar-refractivity contribution in [3.05, 3.63) is 0 Å². The lowest BCUT2D eigenvalue weighted by Gasteiger charge is -2.18. The molecule has 0 amide bonds. The minimum absolute atomic E-state index is 0.293. The Morgan fingerprint density at radius 3 is 2.00 bits per heavy atom. The summed E-state index contributed by atoms with van der Waals surface area (Å²) in [5.74, 6) is -0.969. The Kier molecular flexibility index (Phi) is 6.18. The van der Waals surface area contributed by atoms with Gasteiger partial charge < -0.3 is 24.3 Å². The molecule has 100 valence electrons. The van der Waals surface area contributed by atoms with Crippen LogP contribution in [-0.2, 0) is 23.5 Å². The second kappa shape index (κ2) is 6.39. The molecule has 0 aliphatic carbocycles. The first-order valence-electron chi connectivity index (χ1n) is 4.28. The number of hydrogen-bond acceptors (Lipinski definition) is 5. The summed E-state index contributed by atoms with van der Waals surface area (Å²) in [6.45, 7) is -0.519. The number of carbonyl (C=O) groups is 2. The zero-order chi connectivity index (χ0) is 13.7. The molecule has 0 spiro atoms. The molecular formula is C6H12O9P2. The topological polar surface area (TPSA) is 158 Å². The van der Waals surface area contributed by atoms with E-state index in [0.29, 0.717) is 6.29 Å². The maximum atomic E-state index is 10.9. The summed E-state index contributed by atoms with van der Waals surface area (Å²) < 4.78 is 25.9. The lowest BCUT2D eigenvalue weighted by Crippen LogP contribution is -2.14. The predicted octanol–water partition coefficient (Wildman–Crippen LogP) is -0.810. The van der Waals surface area contributed by atoms with Gasteiger partial charge in [0.2, 0.25) is 0 Å². The minimum atomic E-state index is -5.02. The molecule has 9 nitrogen and oxygen atoms in total. The number of carbonyl (C=O) groups excluding carboxylic acids is 2.